The summed E-state index contributed by atoms with van der Waals surface area (Å²) < 4.78 is 6.37. The molecule has 0 aliphatic carbocycles. The quantitative estimate of drug-likeness (QED) is 0.781. The van der Waals surface area contributed by atoms with Crippen LogP contribution in [-0.2, 0) is 4.74 Å². The Morgan fingerprint density at radius 1 is 1.42 bits per heavy atom. The average Bonchev–Trinajstić information content (AvgIpc) is 2.71. The lowest BCUT2D eigenvalue weighted by Crippen LogP contribution is -2.42. The fourth-order valence-corrected chi connectivity index (χ4v) is 3.97. The zero-order chi connectivity index (χ0) is 14.4. The third-order valence-corrected chi connectivity index (χ3v) is 4.72. The van der Waals surface area contributed by atoms with Crippen molar-refractivity contribution in [2.24, 2.45) is 11.7 Å². The Labute approximate surface area is 129 Å². The molecule has 2 atom stereocenters. The van der Waals surface area contributed by atoms with E-state index in [1.165, 1.54) is 4.88 Å². The first-order valence-corrected chi connectivity index (χ1v) is 8.35. The summed E-state index contributed by atoms with van der Waals surface area (Å²) in [6.45, 7) is 9.24. The molecular weight excluding hydrogens is 324 g/mol. The second-order valence-electron chi connectivity index (χ2n) is 5.35. The van der Waals surface area contributed by atoms with Gasteiger partial charge in [0.15, 0.2) is 0 Å². The Balaban J connectivity index is 2.90. The van der Waals surface area contributed by atoms with Crippen LogP contribution in [0.4, 0.5) is 0 Å². The van der Waals surface area contributed by atoms with Gasteiger partial charge in [0.05, 0.1) is 12.6 Å². The van der Waals surface area contributed by atoms with Crippen molar-refractivity contribution in [2.45, 2.75) is 32.9 Å². The van der Waals surface area contributed by atoms with E-state index >= 15 is 0 Å². The highest BCUT2D eigenvalue weighted by Crippen LogP contribution is 2.31. The molecule has 3 nitrogen and oxygen atoms in total. The monoisotopic (exact) mass is 348 g/mol. The number of ether oxygens (including phenoxy) is 1. The molecule has 0 bridgehead atoms. The second-order valence-corrected chi connectivity index (χ2v) is 7.21. The van der Waals surface area contributed by atoms with Crippen LogP contribution in [0.15, 0.2) is 15.9 Å². The fourth-order valence-electron chi connectivity index (χ4n) is 2.28. The van der Waals surface area contributed by atoms with E-state index in [4.69, 9.17) is 10.5 Å². The molecule has 0 radical (unpaired) electrons. The summed E-state index contributed by atoms with van der Waals surface area (Å²) in [6, 6.07) is 2.54. The minimum atomic E-state index is 0.0983. The SMILES string of the molecule is COCCN(CC(C)C)C(c1cc(Br)cs1)C(C)N. The van der Waals surface area contributed by atoms with E-state index in [1.807, 2.05) is 0 Å². The lowest BCUT2D eigenvalue weighted by molar-refractivity contribution is 0.102. The minimum absolute atomic E-state index is 0.0983. The van der Waals surface area contributed by atoms with Crippen LogP contribution >= 0.6 is 27.3 Å². The number of methoxy groups -OCH3 is 1. The van der Waals surface area contributed by atoms with Crippen LogP contribution in [0.1, 0.15) is 31.7 Å². The zero-order valence-corrected chi connectivity index (χ0v) is 14.6. The van der Waals surface area contributed by atoms with Crippen molar-refractivity contribution in [3.8, 4) is 0 Å². The number of hydrogen-bond acceptors (Lipinski definition) is 4. The molecule has 1 aromatic heterocycles. The van der Waals surface area contributed by atoms with Crippen LogP contribution in [0.2, 0.25) is 0 Å². The Bertz CT molecular complexity index is 368. The van der Waals surface area contributed by atoms with Gasteiger partial charge in [0, 0.05) is 41.0 Å². The Hall–Kier alpha value is 0.0600. The van der Waals surface area contributed by atoms with E-state index in [0.29, 0.717) is 5.92 Å². The molecule has 19 heavy (non-hydrogen) atoms. The number of nitrogens with two attached hydrogens (primary N) is 1. The van der Waals surface area contributed by atoms with Crippen molar-refractivity contribution in [1.29, 1.82) is 0 Å². The third kappa shape index (κ3) is 5.52. The smallest absolute Gasteiger partial charge is 0.0592 e. The summed E-state index contributed by atoms with van der Waals surface area (Å²) in [5.74, 6) is 0.613. The van der Waals surface area contributed by atoms with Gasteiger partial charge < -0.3 is 10.5 Å². The minimum Gasteiger partial charge on any atom is -0.383 e. The van der Waals surface area contributed by atoms with Gasteiger partial charge in [-0.15, -0.1) is 11.3 Å². The summed E-state index contributed by atoms with van der Waals surface area (Å²) in [5, 5.41) is 2.12. The van der Waals surface area contributed by atoms with Gasteiger partial charge in [-0.1, -0.05) is 13.8 Å². The van der Waals surface area contributed by atoms with E-state index in [2.05, 4.69) is 53.0 Å². The molecular formula is C14H25BrN2OS. The molecule has 2 N–H and O–H groups in total. The van der Waals surface area contributed by atoms with Crippen LogP contribution in [-0.4, -0.2) is 37.7 Å². The highest BCUT2D eigenvalue weighted by Gasteiger charge is 2.25. The fraction of sp³-hybridized carbons (Fsp3) is 0.714. The van der Waals surface area contributed by atoms with Crippen LogP contribution in [0.5, 0.6) is 0 Å². The molecule has 0 fully saturated rings. The van der Waals surface area contributed by atoms with Crippen LogP contribution in [0.3, 0.4) is 0 Å². The van der Waals surface area contributed by atoms with E-state index in [1.54, 1.807) is 18.4 Å². The van der Waals surface area contributed by atoms with Crippen molar-refractivity contribution in [1.82, 2.24) is 4.90 Å². The molecule has 2 unspecified atom stereocenters. The van der Waals surface area contributed by atoms with Gasteiger partial charge in [-0.3, -0.25) is 4.90 Å². The second kappa shape index (κ2) is 8.37. The Kier molecular flexibility index (Phi) is 7.54. The number of thiophene rings is 1. The molecule has 1 heterocycles. The maximum absolute atomic E-state index is 6.24. The first-order chi connectivity index (χ1) is 8.95. The summed E-state index contributed by atoms with van der Waals surface area (Å²) in [7, 11) is 1.75. The number of rotatable bonds is 8. The van der Waals surface area contributed by atoms with Crippen LogP contribution < -0.4 is 5.73 Å². The topological polar surface area (TPSA) is 38.5 Å². The lowest BCUT2D eigenvalue weighted by atomic mass is 10.0. The van der Waals surface area contributed by atoms with E-state index in [9.17, 15) is 0 Å². The normalized spacial score (nSPS) is 15.2. The highest BCUT2D eigenvalue weighted by atomic mass is 79.9. The predicted octanol–water partition coefficient (Wildman–Crippen LogP) is 3.50. The van der Waals surface area contributed by atoms with Crippen molar-refractivity contribution < 1.29 is 4.74 Å². The lowest BCUT2D eigenvalue weighted by Gasteiger charge is -2.34. The van der Waals surface area contributed by atoms with Crippen LogP contribution in [0, 0.1) is 5.92 Å². The maximum atomic E-state index is 6.24. The highest BCUT2D eigenvalue weighted by molar-refractivity contribution is 9.10. The van der Waals surface area contributed by atoms with E-state index < -0.39 is 0 Å². The molecule has 0 aliphatic rings. The van der Waals surface area contributed by atoms with Crippen molar-refractivity contribution in [2.75, 3.05) is 26.8 Å². The molecule has 0 aromatic carbocycles. The van der Waals surface area contributed by atoms with Gasteiger partial charge in [-0.05, 0) is 34.8 Å². The van der Waals surface area contributed by atoms with Crippen molar-refractivity contribution in [3.63, 3.8) is 0 Å². The van der Waals surface area contributed by atoms with Gasteiger partial charge in [0.1, 0.15) is 0 Å². The average molecular weight is 349 g/mol. The number of halogens is 1. The Morgan fingerprint density at radius 2 is 2.11 bits per heavy atom. The van der Waals surface area contributed by atoms with Crippen molar-refractivity contribution in [3.05, 3.63) is 20.8 Å². The first kappa shape index (κ1) is 17.1. The molecule has 1 rings (SSSR count). The molecule has 110 valence electrons. The number of nitrogens with zero attached hydrogens (tertiary/aromatic N) is 1. The molecule has 0 saturated carbocycles. The van der Waals surface area contributed by atoms with Gasteiger partial charge in [0.25, 0.3) is 0 Å². The van der Waals surface area contributed by atoms with E-state index in [-0.39, 0.29) is 12.1 Å². The maximum Gasteiger partial charge on any atom is 0.0592 e. The molecule has 0 saturated heterocycles. The summed E-state index contributed by atoms with van der Waals surface area (Å²) >= 11 is 5.29. The van der Waals surface area contributed by atoms with E-state index in [0.717, 1.165) is 24.2 Å². The van der Waals surface area contributed by atoms with Gasteiger partial charge in [0.2, 0.25) is 0 Å². The summed E-state index contributed by atoms with van der Waals surface area (Å²) in [6.07, 6.45) is 0. The molecule has 1 aromatic rings. The van der Waals surface area contributed by atoms with Gasteiger partial charge in [-0.25, -0.2) is 0 Å². The van der Waals surface area contributed by atoms with Gasteiger partial charge >= 0.3 is 0 Å². The van der Waals surface area contributed by atoms with Crippen LogP contribution in [0.25, 0.3) is 0 Å². The van der Waals surface area contributed by atoms with Gasteiger partial charge in [-0.2, -0.15) is 0 Å². The largest absolute Gasteiger partial charge is 0.383 e. The number of hydrogen-bond donors (Lipinski definition) is 1. The molecule has 0 amide bonds. The third-order valence-electron chi connectivity index (χ3n) is 2.95. The first-order valence-electron chi connectivity index (χ1n) is 6.68. The standard InChI is InChI=1S/C14H25BrN2OS/c1-10(2)8-17(5-6-18-4)14(11(3)16)13-7-12(15)9-19-13/h7,9-11,14H,5-6,8,16H2,1-4H3. The Morgan fingerprint density at radius 3 is 2.53 bits per heavy atom. The predicted molar refractivity (Wildman–Crippen MR) is 86.7 cm³/mol. The zero-order valence-electron chi connectivity index (χ0n) is 12.2. The van der Waals surface area contributed by atoms with Crippen molar-refractivity contribution >= 4 is 27.3 Å². The summed E-state index contributed by atoms with van der Waals surface area (Å²) in [5.41, 5.74) is 6.24. The molecule has 5 heteroatoms. The summed E-state index contributed by atoms with van der Waals surface area (Å²) in [4.78, 5) is 3.76. The molecule has 0 spiro atoms. The molecule has 0 aliphatic heterocycles.